The number of hydrogen-bond acceptors (Lipinski definition) is 6. The van der Waals surface area contributed by atoms with Crippen molar-refractivity contribution in [3.8, 4) is 0 Å². The lowest BCUT2D eigenvalue weighted by molar-refractivity contribution is -0.0100. The smallest absolute Gasteiger partial charge is 0.265 e. The van der Waals surface area contributed by atoms with Crippen LogP contribution in [0.4, 0.5) is 20.3 Å². The van der Waals surface area contributed by atoms with Gasteiger partial charge in [0.15, 0.2) is 0 Å². The fourth-order valence-electron chi connectivity index (χ4n) is 3.84. The van der Waals surface area contributed by atoms with Crippen molar-refractivity contribution >= 4 is 21.5 Å². The molecule has 10 heteroatoms. The molecule has 1 aliphatic rings. The normalized spacial score (nSPS) is 19.5. The third-order valence-electron chi connectivity index (χ3n) is 5.19. The molecule has 1 atom stereocenters. The molecule has 0 amide bonds. The van der Waals surface area contributed by atoms with Gasteiger partial charge in [-0.3, -0.25) is 4.72 Å². The Bertz CT molecular complexity index is 1030. The Morgan fingerprint density at radius 1 is 1.30 bits per heavy atom. The number of likely N-dealkylation sites (N-methyl/N-ethyl adjacent to an activating group) is 1. The molecular formula is C20H26F2N4O3S. The summed E-state index contributed by atoms with van der Waals surface area (Å²) in [5, 5.41) is 0. The van der Waals surface area contributed by atoms with Gasteiger partial charge in [0.1, 0.15) is 16.5 Å². The van der Waals surface area contributed by atoms with Gasteiger partial charge in [0.05, 0.1) is 5.60 Å². The topological polar surface area (TPSA) is 74.8 Å². The van der Waals surface area contributed by atoms with Crippen LogP contribution in [0.15, 0.2) is 35.2 Å². The number of aromatic nitrogens is 1. The Morgan fingerprint density at radius 2 is 2.03 bits per heavy atom. The number of halogens is 2. The van der Waals surface area contributed by atoms with Gasteiger partial charge in [0.25, 0.3) is 10.0 Å². The van der Waals surface area contributed by atoms with E-state index in [0.717, 1.165) is 19.0 Å². The van der Waals surface area contributed by atoms with Crippen molar-refractivity contribution in [1.82, 2.24) is 9.88 Å². The molecule has 7 nitrogen and oxygen atoms in total. The fourth-order valence-corrected chi connectivity index (χ4v) is 4.98. The van der Waals surface area contributed by atoms with Crippen LogP contribution in [-0.4, -0.2) is 64.7 Å². The van der Waals surface area contributed by atoms with Gasteiger partial charge in [0, 0.05) is 32.4 Å². The van der Waals surface area contributed by atoms with Crippen molar-refractivity contribution < 1.29 is 21.9 Å². The third-order valence-corrected chi connectivity index (χ3v) is 6.56. The lowest BCUT2D eigenvalue weighted by Gasteiger charge is -2.31. The highest BCUT2D eigenvalue weighted by atomic mass is 32.2. The zero-order chi connectivity index (χ0) is 22.1. The summed E-state index contributed by atoms with van der Waals surface area (Å²) in [5.74, 6) is -1.94. The van der Waals surface area contributed by atoms with Crippen molar-refractivity contribution in [1.29, 1.82) is 0 Å². The molecule has 30 heavy (non-hydrogen) atoms. The fraction of sp³-hybridized carbons (Fsp3) is 0.450. The molecule has 2 aromatic rings. The zero-order valence-corrected chi connectivity index (χ0v) is 18.3. The molecule has 0 unspecified atom stereocenters. The van der Waals surface area contributed by atoms with Crippen LogP contribution < -0.4 is 9.62 Å². The van der Waals surface area contributed by atoms with Crippen molar-refractivity contribution in [2.45, 2.75) is 23.8 Å². The number of pyridine rings is 1. The second-order valence-electron chi connectivity index (χ2n) is 7.82. The molecule has 0 radical (unpaired) electrons. The van der Waals surface area contributed by atoms with E-state index in [1.165, 1.54) is 24.3 Å². The number of aryl methyl sites for hydroxylation is 1. The van der Waals surface area contributed by atoms with E-state index in [1.54, 1.807) is 14.0 Å². The van der Waals surface area contributed by atoms with Gasteiger partial charge in [0.2, 0.25) is 5.95 Å². The highest BCUT2D eigenvalue weighted by molar-refractivity contribution is 7.92. The molecule has 0 spiro atoms. The number of nitrogens with zero attached hydrogens (tertiary/aromatic N) is 3. The van der Waals surface area contributed by atoms with Crippen LogP contribution in [0.5, 0.6) is 0 Å². The molecule has 0 saturated carbocycles. The largest absolute Gasteiger partial charge is 0.375 e. The monoisotopic (exact) mass is 440 g/mol. The molecule has 3 rings (SSSR count). The van der Waals surface area contributed by atoms with Crippen molar-refractivity contribution in [3.63, 3.8) is 0 Å². The predicted molar refractivity (Wildman–Crippen MR) is 111 cm³/mol. The van der Waals surface area contributed by atoms with E-state index in [4.69, 9.17) is 4.74 Å². The SMILES string of the molecule is CO[C@@]1(CN(C)C)CCN(c2cc(F)c(S(=O)(=O)Nc3cccc(F)n3)cc2C)C1. The van der Waals surface area contributed by atoms with E-state index in [9.17, 15) is 17.2 Å². The molecule has 1 N–H and O–H groups in total. The maximum absolute atomic E-state index is 14.9. The maximum Gasteiger partial charge on any atom is 0.265 e. The summed E-state index contributed by atoms with van der Waals surface area (Å²) < 4.78 is 61.3. The van der Waals surface area contributed by atoms with Crippen LogP contribution >= 0.6 is 0 Å². The van der Waals surface area contributed by atoms with E-state index >= 15 is 0 Å². The second kappa shape index (κ2) is 8.44. The minimum atomic E-state index is -4.27. The highest BCUT2D eigenvalue weighted by Gasteiger charge is 2.39. The number of anilines is 2. The Labute approximate surface area is 175 Å². The predicted octanol–water partition coefficient (Wildman–Crippen LogP) is 2.63. The molecule has 1 aromatic heterocycles. The van der Waals surface area contributed by atoms with Crippen molar-refractivity contribution in [2.24, 2.45) is 0 Å². The summed E-state index contributed by atoms with van der Waals surface area (Å²) in [4.78, 5) is 6.99. The minimum Gasteiger partial charge on any atom is -0.375 e. The molecule has 2 heterocycles. The quantitative estimate of drug-likeness (QED) is 0.668. The lowest BCUT2D eigenvalue weighted by atomic mass is 10.0. The molecule has 164 valence electrons. The van der Waals surface area contributed by atoms with Gasteiger partial charge in [-0.05, 0) is 57.3 Å². The molecule has 1 saturated heterocycles. The first-order valence-corrected chi connectivity index (χ1v) is 10.9. The van der Waals surface area contributed by atoms with Crippen molar-refractivity contribution in [2.75, 3.05) is 50.5 Å². The Hall–Kier alpha value is -2.30. The lowest BCUT2D eigenvalue weighted by Crippen LogP contribution is -2.44. The first-order valence-electron chi connectivity index (χ1n) is 9.46. The molecule has 1 fully saturated rings. The third kappa shape index (κ3) is 4.71. The number of hydrogen-bond donors (Lipinski definition) is 1. The van der Waals surface area contributed by atoms with Crippen LogP contribution in [-0.2, 0) is 14.8 Å². The first kappa shape index (κ1) is 22.4. The summed E-state index contributed by atoms with van der Waals surface area (Å²) >= 11 is 0. The maximum atomic E-state index is 14.9. The molecule has 1 aliphatic heterocycles. The van der Waals surface area contributed by atoms with E-state index < -0.39 is 26.7 Å². The molecule has 0 aliphatic carbocycles. The highest BCUT2D eigenvalue weighted by Crippen LogP contribution is 2.34. The summed E-state index contributed by atoms with van der Waals surface area (Å²) in [6, 6.07) is 6.20. The van der Waals surface area contributed by atoms with Crippen LogP contribution in [0.1, 0.15) is 12.0 Å². The number of ether oxygens (including phenoxy) is 1. The van der Waals surface area contributed by atoms with Gasteiger partial charge < -0.3 is 14.5 Å². The van der Waals surface area contributed by atoms with Crippen molar-refractivity contribution in [3.05, 3.63) is 47.7 Å². The summed E-state index contributed by atoms with van der Waals surface area (Å²) in [5.41, 5.74) is 0.857. The minimum absolute atomic E-state index is 0.218. The Kier molecular flexibility index (Phi) is 6.30. The summed E-state index contributed by atoms with van der Waals surface area (Å²) in [7, 11) is 1.33. The van der Waals surface area contributed by atoms with E-state index in [-0.39, 0.29) is 11.4 Å². The van der Waals surface area contributed by atoms with Crippen LogP contribution in [0.25, 0.3) is 0 Å². The first-order chi connectivity index (χ1) is 14.0. The number of sulfonamides is 1. The number of rotatable bonds is 7. The van der Waals surface area contributed by atoms with E-state index in [1.807, 2.05) is 23.9 Å². The van der Waals surface area contributed by atoms with Gasteiger partial charge in [-0.2, -0.15) is 4.39 Å². The Morgan fingerprint density at radius 3 is 2.67 bits per heavy atom. The summed E-state index contributed by atoms with van der Waals surface area (Å²) in [6.07, 6.45) is 0.773. The standard InChI is InChI=1S/C20H26F2N4O3S/c1-14-10-17(30(27,28)24-19-7-5-6-18(22)23-19)15(21)11-16(14)26-9-8-20(13-26,29-4)12-25(2)3/h5-7,10-11H,8-9,12-13H2,1-4H3,(H,23,24)/t20-/m1/s1. The molecule has 1 aromatic carbocycles. The summed E-state index contributed by atoms with van der Waals surface area (Å²) in [6.45, 7) is 3.69. The van der Waals surface area contributed by atoms with E-state index in [2.05, 4.69) is 9.71 Å². The number of methoxy groups -OCH3 is 1. The van der Waals surface area contributed by atoms with Crippen LogP contribution in [0.2, 0.25) is 0 Å². The van der Waals surface area contributed by atoms with Gasteiger partial charge in [-0.1, -0.05) is 6.07 Å². The van der Waals surface area contributed by atoms with Gasteiger partial charge in [-0.15, -0.1) is 0 Å². The zero-order valence-electron chi connectivity index (χ0n) is 17.4. The van der Waals surface area contributed by atoms with Gasteiger partial charge >= 0.3 is 0 Å². The second-order valence-corrected chi connectivity index (χ2v) is 9.47. The molecule has 0 bridgehead atoms. The van der Waals surface area contributed by atoms with E-state index in [0.29, 0.717) is 24.3 Å². The van der Waals surface area contributed by atoms with Crippen LogP contribution in [0, 0.1) is 18.7 Å². The Balaban J connectivity index is 1.87. The van der Waals surface area contributed by atoms with Gasteiger partial charge in [-0.25, -0.2) is 17.8 Å². The average Bonchev–Trinajstić information content (AvgIpc) is 3.06. The number of nitrogens with one attached hydrogen (secondary N) is 1. The molecular weight excluding hydrogens is 414 g/mol. The number of benzene rings is 1. The average molecular weight is 441 g/mol. The van der Waals surface area contributed by atoms with Crippen LogP contribution in [0.3, 0.4) is 0 Å².